The number of hydrogen-bond acceptors (Lipinski definition) is 12. The molecule has 1 aliphatic heterocycles. The van der Waals surface area contributed by atoms with Crippen molar-refractivity contribution in [1.82, 2.24) is 4.90 Å². The van der Waals surface area contributed by atoms with Crippen LogP contribution in [0.15, 0.2) is 0 Å². The highest BCUT2D eigenvalue weighted by Crippen LogP contribution is 2.23. The Morgan fingerprint density at radius 3 is 2.00 bits per heavy atom. The minimum atomic E-state index is -1.55. The molecule has 16 nitrogen and oxygen atoms in total. The molecule has 1 saturated heterocycles. The lowest BCUT2D eigenvalue weighted by Gasteiger charge is -2.41. The zero-order valence-electron chi connectivity index (χ0n) is 19.4. The maximum Gasteiger partial charge on any atom is 0.326 e. The van der Waals surface area contributed by atoms with E-state index in [1.54, 1.807) is 0 Å². The molecule has 1 aliphatic rings. The highest BCUT2D eigenvalue weighted by atomic mass is 16.6. The molecule has 10 N–H and O–H groups in total. The molecule has 1 heterocycles. The van der Waals surface area contributed by atoms with Crippen molar-refractivity contribution in [3.63, 3.8) is 0 Å². The Kier molecular flexibility index (Phi) is 13.5. The Bertz CT molecular complexity index is 764. The van der Waals surface area contributed by atoms with Crippen LogP contribution in [0.25, 0.3) is 0 Å². The average molecular weight is 511 g/mol. The molecule has 1 unspecified atom stereocenters. The summed E-state index contributed by atoms with van der Waals surface area (Å²) >= 11 is 0. The van der Waals surface area contributed by atoms with Crippen molar-refractivity contribution in [3.05, 3.63) is 0 Å². The van der Waals surface area contributed by atoms with Crippen molar-refractivity contribution >= 4 is 29.7 Å². The molecule has 35 heavy (non-hydrogen) atoms. The van der Waals surface area contributed by atoms with Gasteiger partial charge in [-0.3, -0.25) is 24.1 Å². The fourth-order valence-electron chi connectivity index (χ4n) is 2.90. The van der Waals surface area contributed by atoms with Gasteiger partial charge in [-0.2, -0.15) is 0 Å². The van der Waals surface area contributed by atoms with Gasteiger partial charge in [-0.1, -0.05) is 0 Å². The molecule has 202 valence electrons. The van der Waals surface area contributed by atoms with Crippen LogP contribution in [-0.4, -0.2) is 121 Å². The number of aliphatic hydroxyl groups excluding tert-OH is 3. The van der Waals surface area contributed by atoms with Crippen LogP contribution in [0.2, 0.25) is 0 Å². The van der Waals surface area contributed by atoms with E-state index >= 15 is 0 Å². The maximum absolute atomic E-state index is 12.4. The normalized spacial score (nSPS) is 26.3. The van der Waals surface area contributed by atoms with Gasteiger partial charge in [-0.15, -0.1) is 0 Å². The van der Waals surface area contributed by atoms with E-state index in [2.05, 4.69) is 0 Å². The zero-order valence-corrected chi connectivity index (χ0v) is 19.4. The van der Waals surface area contributed by atoms with E-state index in [9.17, 15) is 34.2 Å². The average Bonchev–Trinajstić information content (AvgIpc) is 2.77. The summed E-state index contributed by atoms with van der Waals surface area (Å²) in [7, 11) is 0. The standard InChI is InChI=1S/C14H24N2O9.C5H9NO4/c1-5(13(21)22)16(7(3)18)12(20)6(2)24-11-9(15)14(23)25-8(4-17)10(11)19;6-3(5(9)10)1-2-4(7)8/h5-6,8-11,14,17,19,23H,4,15H2,1-3H3,(H,21,22);3H,1-2,6H2,(H,7,8)(H,9,10)/t5-,6?,8+,9+,10+,11+,14-;3-/m01/s1. The van der Waals surface area contributed by atoms with E-state index in [-0.39, 0.29) is 12.8 Å². The Balaban J connectivity index is 0.000000972. The second-order valence-electron chi connectivity index (χ2n) is 7.68. The molecule has 0 aromatic carbocycles. The molecule has 1 fully saturated rings. The lowest BCUT2D eigenvalue weighted by molar-refractivity contribution is -0.262. The highest BCUT2D eigenvalue weighted by Gasteiger charge is 2.45. The van der Waals surface area contributed by atoms with Crippen LogP contribution in [0, 0.1) is 0 Å². The number of aliphatic hydroxyl groups is 3. The summed E-state index contributed by atoms with van der Waals surface area (Å²) in [4.78, 5) is 55.5. The number of amides is 2. The van der Waals surface area contributed by atoms with Crippen LogP contribution in [0.1, 0.15) is 33.6 Å². The van der Waals surface area contributed by atoms with Crippen LogP contribution in [0.3, 0.4) is 0 Å². The Morgan fingerprint density at radius 1 is 1.06 bits per heavy atom. The highest BCUT2D eigenvalue weighted by molar-refractivity contribution is 5.99. The third-order valence-corrected chi connectivity index (χ3v) is 4.94. The Morgan fingerprint density at radius 2 is 1.60 bits per heavy atom. The number of carboxylic acids is 3. The van der Waals surface area contributed by atoms with Crippen molar-refractivity contribution in [1.29, 1.82) is 0 Å². The number of carbonyl (C=O) groups excluding carboxylic acids is 2. The second-order valence-corrected chi connectivity index (χ2v) is 7.68. The summed E-state index contributed by atoms with van der Waals surface area (Å²) in [5.74, 6) is -5.31. The van der Waals surface area contributed by atoms with E-state index in [0.717, 1.165) is 13.8 Å². The van der Waals surface area contributed by atoms with Gasteiger partial charge in [0.25, 0.3) is 5.91 Å². The van der Waals surface area contributed by atoms with Crippen LogP contribution in [-0.2, 0) is 33.4 Å². The van der Waals surface area contributed by atoms with Gasteiger partial charge in [0.1, 0.15) is 36.5 Å². The molecule has 0 radical (unpaired) electrons. The van der Waals surface area contributed by atoms with Gasteiger partial charge in [0.15, 0.2) is 6.29 Å². The summed E-state index contributed by atoms with van der Waals surface area (Å²) in [5.41, 5.74) is 10.7. The lowest BCUT2D eigenvalue weighted by Crippen LogP contribution is -2.64. The molecular formula is C19H33N3O13. The maximum atomic E-state index is 12.4. The minimum absolute atomic E-state index is 0.0231. The second kappa shape index (κ2) is 14.6. The number of rotatable bonds is 10. The molecule has 0 aromatic heterocycles. The van der Waals surface area contributed by atoms with Crippen molar-refractivity contribution < 1.29 is 64.1 Å². The number of imide groups is 1. The number of hydrogen-bond donors (Lipinski definition) is 8. The van der Waals surface area contributed by atoms with Crippen LogP contribution < -0.4 is 11.5 Å². The first-order valence-corrected chi connectivity index (χ1v) is 10.4. The number of nitrogens with zero attached hydrogens (tertiary/aromatic N) is 1. The first kappa shape index (κ1) is 32.3. The van der Waals surface area contributed by atoms with Gasteiger partial charge in [0.05, 0.1) is 12.6 Å². The Hall–Kier alpha value is -2.73. The lowest BCUT2D eigenvalue weighted by atomic mass is 9.97. The summed E-state index contributed by atoms with van der Waals surface area (Å²) in [6.45, 7) is 2.82. The topological polar surface area (TPSA) is 280 Å². The molecule has 0 spiro atoms. The van der Waals surface area contributed by atoms with Crippen LogP contribution in [0.4, 0.5) is 0 Å². The summed E-state index contributed by atoms with van der Waals surface area (Å²) in [6, 6.07) is -3.70. The molecule has 16 heteroatoms. The quantitative estimate of drug-likeness (QED) is 0.140. The molecule has 1 rings (SSSR count). The smallest absolute Gasteiger partial charge is 0.326 e. The first-order chi connectivity index (χ1) is 16.1. The molecule has 0 aliphatic carbocycles. The van der Waals surface area contributed by atoms with Gasteiger partial charge < -0.3 is 51.6 Å². The fourth-order valence-corrected chi connectivity index (χ4v) is 2.90. The zero-order chi connectivity index (χ0) is 27.6. The predicted molar refractivity (Wildman–Crippen MR) is 113 cm³/mol. The minimum Gasteiger partial charge on any atom is -0.481 e. The third-order valence-electron chi connectivity index (χ3n) is 4.94. The van der Waals surface area contributed by atoms with Crippen molar-refractivity contribution in [3.8, 4) is 0 Å². The van der Waals surface area contributed by atoms with Gasteiger partial charge in [-0.25, -0.2) is 4.79 Å². The van der Waals surface area contributed by atoms with E-state index in [1.165, 1.54) is 6.92 Å². The number of ether oxygens (including phenoxy) is 2. The van der Waals surface area contributed by atoms with Gasteiger partial charge in [0, 0.05) is 13.3 Å². The molecule has 0 bridgehead atoms. The SMILES string of the molecule is CC(=O)N(C(=O)C(C)O[C@@H]1[C@@H](N)[C@@H](O)O[C@H](CO)[C@H]1O)[C@@H](C)C(=O)O.N[C@H](CCC(=O)O)C(=O)O. The fraction of sp³-hybridized carbons (Fsp3) is 0.737. The summed E-state index contributed by atoms with van der Waals surface area (Å²) < 4.78 is 10.3. The third kappa shape index (κ3) is 9.81. The molecular weight excluding hydrogens is 478 g/mol. The number of carbonyl (C=O) groups is 5. The van der Waals surface area contributed by atoms with Crippen molar-refractivity contribution in [2.75, 3.05) is 6.61 Å². The van der Waals surface area contributed by atoms with Crippen LogP contribution >= 0.6 is 0 Å². The van der Waals surface area contributed by atoms with Gasteiger partial charge in [0.2, 0.25) is 5.91 Å². The molecule has 8 atom stereocenters. The Labute approximate surface area is 200 Å². The summed E-state index contributed by atoms with van der Waals surface area (Å²) in [6.07, 6.45) is -7.02. The van der Waals surface area contributed by atoms with Gasteiger partial charge in [-0.05, 0) is 20.3 Å². The monoisotopic (exact) mass is 511 g/mol. The van der Waals surface area contributed by atoms with Crippen molar-refractivity contribution in [2.24, 2.45) is 11.5 Å². The molecule has 0 aromatic rings. The van der Waals surface area contributed by atoms with E-state index in [4.69, 9.17) is 41.4 Å². The number of aliphatic carboxylic acids is 3. The van der Waals surface area contributed by atoms with E-state index < -0.39 is 85.2 Å². The van der Waals surface area contributed by atoms with Crippen molar-refractivity contribution in [2.45, 2.75) is 82.4 Å². The van der Waals surface area contributed by atoms with E-state index in [0.29, 0.717) is 4.90 Å². The summed E-state index contributed by atoms with van der Waals surface area (Å²) in [5, 5.41) is 54.2. The predicted octanol–water partition coefficient (Wildman–Crippen LogP) is -3.73. The molecule has 2 amide bonds. The van der Waals surface area contributed by atoms with Gasteiger partial charge >= 0.3 is 17.9 Å². The largest absolute Gasteiger partial charge is 0.481 e. The first-order valence-electron chi connectivity index (χ1n) is 10.4. The molecule has 0 saturated carbocycles. The number of nitrogens with two attached hydrogens (primary N) is 2. The van der Waals surface area contributed by atoms with Crippen LogP contribution in [0.5, 0.6) is 0 Å². The van der Waals surface area contributed by atoms with E-state index in [1.807, 2.05) is 0 Å². The number of carboxylic acid groups (broad SMARTS) is 3.